The van der Waals surface area contributed by atoms with Crippen LogP contribution in [-0.2, 0) is 10.4 Å². The molecule has 0 amide bonds. The first-order valence-electron chi connectivity index (χ1n) is 5.65. The molecule has 1 aromatic carbocycles. The third-order valence-corrected chi connectivity index (χ3v) is 2.65. The predicted octanol–water partition coefficient (Wildman–Crippen LogP) is 3.48. The molecule has 0 saturated heterocycles. The third kappa shape index (κ3) is 3.08. The maximum atomic E-state index is 12.8. The number of para-hydroxylation sites is 1. The fraction of sp³-hybridized carbons (Fsp3) is 0.308. The minimum Gasteiger partial charge on any atom is -0.423 e. The van der Waals surface area contributed by atoms with Crippen LogP contribution >= 0.6 is 0 Å². The Balaban J connectivity index is 3.53. The zero-order valence-electron chi connectivity index (χ0n) is 11.0. The molecule has 0 aliphatic carbocycles. The van der Waals surface area contributed by atoms with Crippen molar-refractivity contribution in [1.29, 1.82) is 0 Å². The van der Waals surface area contributed by atoms with Crippen molar-refractivity contribution in [2.75, 3.05) is 0 Å². The molecule has 0 radical (unpaired) electrons. The molecule has 0 fully saturated rings. The van der Waals surface area contributed by atoms with Gasteiger partial charge in [0.2, 0.25) is 0 Å². The largest absolute Gasteiger partial charge is 0.430 e. The Morgan fingerprint density at radius 1 is 1.09 bits per heavy atom. The van der Waals surface area contributed by atoms with Crippen LogP contribution in [0.1, 0.15) is 12.5 Å². The number of carbonyl (C=O) groups is 1. The minimum absolute atomic E-state index is 0.239. The van der Waals surface area contributed by atoms with Crippen LogP contribution in [0.25, 0.3) is 0 Å². The molecule has 0 atom stereocenters. The number of ether oxygens (including phenoxy) is 1. The van der Waals surface area contributed by atoms with Crippen LogP contribution in [-0.4, -0.2) is 23.4 Å². The van der Waals surface area contributed by atoms with E-state index in [0.29, 0.717) is 12.1 Å². The van der Waals surface area contributed by atoms with Gasteiger partial charge in [-0.3, -0.25) is 0 Å². The third-order valence-electron chi connectivity index (χ3n) is 2.65. The maximum absolute atomic E-state index is 12.8. The molecule has 1 N–H and O–H groups in total. The van der Waals surface area contributed by atoms with Gasteiger partial charge in [-0.2, -0.15) is 26.3 Å². The molecule has 3 nitrogen and oxygen atoms in total. The number of esters is 1. The highest BCUT2D eigenvalue weighted by atomic mass is 19.4. The van der Waals surface area contributed by atoms with Crippen molar-refractivity contribution in [3.63, 3.8) is 0 Å². The fourth-order valence-electron chi connectivity index (χ4n) is 1.51. The first-order valence-corrected chi connectivity index (χ1v) is 5.65. The highest BCUT2D eigenvalue weighted by Crippen LogP contribution is 2.52. The molecule has 1 aromatic rings. The van der Waals surface area contributed by atoms with E-state index >= 15 is 0 Å². The van der Waals surface area contributed by atoms with Crippen LogP contribution in [0.3, 0.4) is 0 Å². The molecule has 1 rings (SSSR count). The lowest BCUT2D eigenvalue weighted by Gasteiger charge is -2.33. The van der Waals surface area contributed by atoms with Gasteiger partial charge in [0.1, 0.15) is 5.75 Å². The number of benzene rings is 1. The van der Waals surface area contributed by atoms with Crippen molar-refractivity contribution in [2.45, 2.75) is 24.9 Å². The van der Waals surface area contributed by atoms with Gasteiger partial charge in [-0.1, -0.05) is 24.8 Å². The average Bonchev–Trinajstić information content (AvgIpc) is 2.35. The molecule has 0 saturated carbocycles. The Morgan fingerprint density at radius 2 is 1.55 bits per heavy atom. The lowest BCUT2D eigenvalue weighted by atomic mass is 9.91. The van der Waals surface area contributed by atoms with E-state index in [0.717, 1.165) is 19.1 Å². The summed E-state index contributed by atoms with van der Waals surface area (Å²) in [5.74, 6) is -2.29. The molecule has 0 heterocycles. The highest BCUT2D eigenvalue weighted by Gasteiger charge is 2.72. The Hall–Kier alpha value is -2.03. The van der Waals surface area contributed by atoms with Crippen LogP contribution in [0.2, 0.25) is 0 Å². The second-order valence-corrected chi connectivity index (χ2v) is 4.37. The molecule has 22 heavy (non-hydrogen) atoms. The average molecular weight is 328 g/mol. The Morgan fingerprint density at radius 3 is 1.95 bits per heavy atom. The highest BCUT2D eigenvalue weighted by molar-refractivity contribution is 5.89. The standard InChI is InChI=1S/C13H10F6O3/c1-7(2)10(20)22-9-6-4-3-5-8(9)11(21,12(14,15)16)13(17,18)19/h3-6,21H,1H2,2H3. The predicted molar refractivity (Wildman–Crippen MR) is 62.9 cm³/mol. The number of alkyl halides is 6. The Kier molecular flexibility index (Phi) is 4.62. The van der Waals surface area contributed by atoms with E-state index in [1.165, 1.54) is 0 Å². The molecule has 0 aliphatic heterocycles. The van der Waals surface area contributed by atoms with Crippen LogP contribution in [0.4, 0.5) is 26.3 Å². The van der Waals surface area contributed by atoms with Gasteiger partial charge in [-0.25, -0.2) is 4.79 Å². The minimum atomic E-state index is -6.07. The molecule has 122 valence electrons. The van der Waals surface area contributed by atoms with Crippen molar-refractivity contribution in [1.82, 2.24) is 0 Å². The van der Waals surface area contributed by atoms with Crippen LogP contribution < -0.4 is 4.74 Å². The lowest BCUT2D eigenvalue weighted by molar-refractivity contribution is -0.376. The second-order valence-electron chi connectivity index (χ2n) is 4.37. The summed E-state index contributed by atoms with van der Waals surface area (Å²) in [4.78, 5) is 11.3. The summed E-state index contributed by atoms with van der Waals surface area (Å²) in [5, 5.41) is 9.32. The van der Waals surface area contributed by atoms with Gasteiger partial charge in [0.15, 0.2) is 0 Å². The van der Waals surface area contributed by atoms with Gasteiger partial charge in [-0.15, -0.1) is 0 Å². The monoisotopic (exact) mass is 328 g/mol. The number of carbonyl (C=O) groups excluding carboxylic acids is 1. The van der Waals surface area contributed by atoms with E-state index in [4.69, 9.17) is 0 Å². The normalized spacial score (nSPS) is 12.9. The van der Waals surface area contributed by atoms with Crippen molar-refractivity contribution in [2.24, 2.45) is 0 Å². The summed E-state index contributed by atoms with van der Waals surface area (Å²) in [6.07, 6.45) is -12.1. The summed E-state index contributed by atoms with van der Waals surface area (Å²) < 4.78 is 81.4. The SMILES string of the molecule is C=C(C)C(=O)Oc1ccccc1C(O)(C(F)(F)F)C(F)(F)F. The van der Waals surface area contributed by atoms with E-state index in [-0.39, 0.29) is 5.57 Å². The van der Waals surface area contributed by atoms with Gasteiger partial charge in [0.25, 0.3) is 5.60 Å². The zero-order chi connectivity index (χ0) is 17.3. The van der Waals surface area contributed by atoms with Crippen molar-refractivity contribution < 1.29 is 41.0 Å². The number of rotatable bonds is 3. The fourth-order valence-corrected chi connectivity index (χ4v) is 1.51. The van der Waals surface area contributed by atoms with Crippen molar-refractivity contribution >= 4 is 5.97 Å². The quantitative estimate of drug-likeness (QED) is 0.400. The smallest absolute Gasteiger partial charge is 0.423 e. The summed E-state index contributed by atoms with van der Waals surface area (Å²) in [6, 6.07) is 2.98. The first-order chi connectivity index (χ1) is 9.82. The maximum Gasteiger partial charge on any atom is 0.430 e. The van der Waals surface area contributed by atoms with Gasteiger partial charge in [0, 0.05) is 11.1 Å². The molecule has 0 spiro atoms. The van der Waals surface area contributed by atoms with Gasteiger partial charge in [0.05, 0.1) is 0 Å². The summed E-state index contributed by atoms with van der Waals surface area (Å²) in [7, 11) is 0. The second kappa shape index (κ2) is 5.64. The van der Waals surface area contributed by atoms with Gasteiger partial charge < -0.3 is 9.84 Å². The summed E-state index contributed by atoms with van der Waals surface area (Å²) in [5.41, 5.74) is -7.05. The number of hydrogen-bond acceptors (Lipinski definition) is 3. The van der Waals surface area contributed by atoms with Gasteiger partial charge >= 0.3 is 18.3 Å². The molecule has 0 bridgehead atoms. The summed E-state index contributed by atoms with van der Waals surface area (Å²) >= 11 is 0. The number of hydrogen-bond donors (Lipinski definition) is 1. The molecule has 9 heteroatoms. The molecule has 0 aliphatic rings. The van der Waals surface area contributed by atoms with E-state index in [1.54, 1.807) is 0 Å². The number of halogens is 6. The lowest BCUT2D eigenvalue weighted by Crippen LogP contribution is -2.54. The van der Waals surface area contributed by atoms with Crippen molar-refractivity contribution in [3.05, 3.63) is 42.0 Å². The molecular formula is C13H10F6O3. The van der Waals surface area contributed by atoms with E-state index < -0.39 is 35.2 Å². The summed E-state index contributed by atoms with van der Waals surface area (Å²) in [6.45, 7) is 4.32. The topological polar surface area (TPSA) is 46.5 Å². The van der Waals surface area contributed by atoms with Crippen LogP contribution in [0.15, 0.2) is 36.4 Å². The first kappa shape index (κ1) is 18.0. The molecule has 0 unspecified atom stereocenters. The Labute approximate surface area is 120 Å². The van der Waals surface area contributed by atoms with Crippen LogP contribution in [0.5, 0.6) is 5.75 Å². The van der Waals surface area contributed by atoms with E-state index in [9.17, 15) is 36.2 Å². The van der Waals surface area contributed by atoms with E-state index in [2.05, 4.69) is 11.3 Å². The van der Waals surface area contributed by atoms with E-state index in [1.807, 2.05) is 0 Å². The van der Waals surface area contributed by atoms with Crippen molar-refractivity contribution in [3.8, 4) is 5.75 Å². The van der Waals surface area contributed by atoms with Crippen LogP contribution in [0, 0.1) is 0 Å². The Bertz CT molecular complexity index is 574. The van der Waals surface area contributed by atoms with Gasteiger partial charge in [-0.05, 0) is 13.0 Å². The molecule has 0 aromatic heterocycles. The zero-order valence-corrected chi connectivity index (χ0v) is 11.0. The molecular weight excluding hydrogens is 318 g/mol. The number of aliphatic hydroxyl groups is 1.